The van der Waals surface area contributed by atoms with Crippen molar-refractivity contribution >= 4 is 16.0 Å². The molecule has 12 heavy (non-hydrogen) atoms. The summed E-state index contributed by atoms with van der Waals surface area (Å²) in [5, 5.41) is 3.90. The minimum atomic E-state index is -4.32. The van der Waals surface area contributed by atoms with Gasteiger partial charge < -0.3 is 0 Å². The van der Waals surface area contributed by atoms with Gasteiger partial charge in [0.2, 0.25) is 0 Å². The quantitative estimate of drug-likeness (QED) is 0.324. The molecule has 1 unspecified atom stereocenters. The third-order valence-electron chi connectivity index (χ3n) is 1.10. The molecule has 1 nitrogen and oxygen atoms in total. The second kappa shape index (κ2) is 3.23. The van der Waals surface area contributed by atoms with Crippen molar-refractivity contribution < 1.29 is 13.2 Å². The fraction of sp³-hybridized carbons (Fsp3) is 0.286. The second-order valence-corrected chi connectivity index (χ2v) is 3.44. The molecule has 1 rings (SSSR count). The van der Waals surface area contributed by atoms with Gasteiger partial charge in [-0.3, -0.25) is 0 Å². The van der Waals surface area contributed by atoms with E-state index in [0.29, 0.717) is 4.31 Å². The molecule has 0 amide bonds. The zero-order chi connectivity index (χ0) is 9.19. The Kier molecular flexibility index (Phi) is 2.48. The molecular weight excluding hydrogens is 187 g/mol. The van der Waals surface area contributed by atoms with Crippen molar-refractivity contribution in [3.8, 4) is 11.2 Å². The van der Waals surface area contributed by atoms with Crippen molar-refractivity contribution in [3.63, 3.8) is 0 Å². The van der Waals surface area contributed by atoms with Gasteiger partial charge in [0.1, 0.15) is 0 Å². The normalized spacial score (nSPS) is 21.7. The largest absolute Gasteiger partial charge is 0.494 e. The molecule has 0 radical (unpaired) electrons. The summed E-state index contributed by atoms with van der Waals surface area (Å²) in [5.41, 5.74) is 0. The van der Waals surface area contributed by atoms with Crippen LogP contribution in [0.3, 0.4) is 0 Å². The van der Waals surface area contributed by atoms with Crippen LogP contribution in [-0.2, 0) is 0 Å². The average Bonchev–Trinajstić information content (AvgIpc) is 2.34. The van der Waals surface area contributed by atoms with Crippen molar-refractivity contribution in [1.82, 2.24) is 4.31 Å². The van der Waals surface area contributed by atoms with Gasteiger partial charge in [0.25, 0.3) is 0 Å². The predicted octanol–water partition coefficient (Wildman–Crippen LogP) is 2.30. The number of hydrogen-bond acceptors (Lipinski definition) is 1. The lowest BCUT2D eigenvalue weighted by Crippen LogP contribution is -2.26. The lowest BCUT2D eigenvalue weighted by molar-refractivity contribution is -0.191. The van der Waals surface area contributed by atoms with E-state index in [1.807, 2.05) is 0 Å². The van der Waals surface area contributed by atoms with Crippen molar-refractivity contribution in [3.05, 3.63) is 12.3 Å². The number of rotatable bonds is 0. The smallest absolute Gasteiger partial charge is 0.228 e. The van der Waals surface area contributed by atoms with Crippen LogP contribution in [-0.4, -0.2) is 16.0 Å². The van der Waals surface area contributed by atoms with E-state index in [2.05, 4.69) is 11.2 Å². The maximum atomic E-state index is 12.1. The number of halogens is 3. The first-order chi connectivity index (χ1) is 5.55. The van der Waals surface area contributed by atoms with Crippen LogP contribution in [0.25, 0.3) is 0 Å². The lowest BCUT2D eigenvalue weighted by Gasteiger charge is -2.19. The highest BCUT2D eigenvalue weighted by molar-refractivity contribution is 8.17. The molecule has 0 saturated carbocycles. The van der Waals surface area contributed by atoms with Crippen LogP contribution < -0.4 is 0 Å². The second-order valence-electron chi connectivity index (χ2n) is 1.94. The molecular formula is C7H6F3NS. The highest BCUT2D eigenvalue weighted by atomic mass is 32.2. The van der Waals surface area contributed by atoms with Crippen LogP contribution in [0.2, 0.25) is 0 Å². The zero-order valence-corrected chi connectivity index (χ0v) is 7.04. The fourth-order valence-corrected chi connectivity index (χ4v) is 1.85. The minimum absolute atomic E-state index is 0.295. The Labute approximate surface area is 70.9 Å². The Bertz CT molecular complexity index is 292. The Morgan fingerprint density at radius 1 is 1.42 bits per heavy atom. The first-order valence-corrected chi connectivity index (χ1v) is 4.33. The van der Waals surface area contributed by atoms with Crippen molar-refractivity contribution in [2.75, 3.05) is 0 Å². The van der Waals surface area contributed by atoms with Gasteiger partial charge in [0, 0.05) is 6.20 Å². The molecule has 1 heterocycles. The third-order valence-corrected chi connectivity index (χ3v) is 2.68. The molecule has 0 saturated heterocycles. The maximum absolute atomic E-state index is 12.1. The van der Waals surface area contributed by atoms with Crippen molar-refractivity contribution in [2.24, 2.45) is 0 Å². The zero-order valence-electron chi connectivity index (χ0n) is 6.22. The van der Waals surface area contributed by atoms with Gasteiger partial charge in [0.15, 0.2) is 0 Å². The first kappa shape index (κ1) is 9.20. The molecule has 1 atom stereocenters. The summed E-state index contributed by atoms with van der Waals surface area (Å²) in [6, 6.07) is 0. The SMILES string of the molecule is CC#CS1=CC=CN1C(F)(F)F. The van der Waals surface area contributed by atoms with Gasteiger partial charge in [-0.15, -0.1) is 13.2 Å². The predicted molar refractivity (Wildman–Crippen MR) is 44.1 cm³/mol. The molecule has 0 fully saturated rings. The standard InChI is InChI=1S/C7H6F3NS/c1-2-5-12-6-3-4-11(12)7(8,9)10/h3-4,6H,1H3. The average molecular weight is 193 g/mol. The summed E-state index contributed by atoms with van der Waals surface area (Å²) in [5.74, 6) is 2.46. The van der Waals surface area contributed by atoms with E-state index in [1.165, 1.54) is 18.4 Å². The topological polar surface area (TPSA) is 3.24 Å². The molecule has 0 aromatic carbocycles. The third kappa shape index (κ3) is 1.83. The van der Waals surface area contributed by atoms with Crippen molar-refractivity contribution in [1.29, 1.82) is 0 Å². The van der Waals surface area contributed by atoms with E-state index >= 15 is 0 Å². The Morgan fingerprint density at radius 2 is 2.08 bits per heavy atom. The number of allylic oxidation sites excluding steroid dienone is 1. The Morgan fingerprint density at radius 3 is 2.58 bits per heavy atom. The number of alkyl halides is 3. The van der Waals surface area contributed by atoms with E-state index in [0.717, 1.165) is 6.20 Å². The molecule has 5 heteroatoms. The van der Waals surface area contributed by atoms with Crippen LogP contribution in [0.5, 0.6) is 0 Å². The Hall–Kier alpha value is -0.890. The van der Waals surface area contributed by atoms with Gasteiger partial charge in [0.05, 0.1) is 0 Å². The molecule has 1 aliphatic heterocycles. The summed E-state index contributed by atoms with van der Waals surface area (Å²) in [7, 11) is -1.12. The highest BCUT2D eigenvalue weighted by Crippen LogP contribution is 2.35. The summed E-state index contributed by atoms with van der Waals surface area (Å²) in [6.45, 7) is 1.52. The van der Waals surface area contributed by atoms with Gasteiger partial charge in [-0.25, -0.2) is 4.31 Å². The van der Waals surface area contributed by atoms with E-state index in [9.17, 15) is 13.2 Å². The Balaban J connectivity index is 2.86. The van der Waals surface area contributed by atoms with E-state index in [4.69, 9.17) is 0 Å². The van der Waals surface area contributed by atoms with Crippen molar-refractivity contribution in [2.45, 2.75) is 13.2 Å². The molecule has 0 aliphatic carbocycles. The minimum Gasteiger partial charge on any atom is -0.228 e. The highest BCUT2D eigenvalue weighted by Gasteiger charge is 2.37. The van der Waals surface area contributed by atoms with Gasteiger partial charge in [-0.2, -0.15) is 0 Å². The molecule has 66 valence electrons. The summed E-state index contributed by atoms with van der Waals surface area (Å²) < 4.78 is 36.7. The van der Waals surface area contributed by atoms with E-state index in [1.54, 1.807) is 0 Å². The molecule has 0 aromatic rings. The fourth-order valence-electron chi connectivity index (χ4n) is 0.703. The summed E-state index contributed by atoms with van der Waals surface area (Å²) >= 11 is 0. The number of nitrogens with zero attached hydrogens (tertiary/aromatic N) is 1. The lowest BCUT2D eigenvalue weighted by atomic mass is 10.7. The van der Waals surface area contributed by atoms with Crippen LogP contribution >= 0.6 is 10.7 Å². The first-order valence-electron chi connectivity index (χ1n) is 3.09. The molecule has 1 aliphatic rings. The molecule has 0 spiro atoms. The van der Waals surface area contributed by atoms with Gasteiger partial charge >= 0.3 is 6.30 Å². The summed E-state index contributed by atoms with van der Waals surface area (Å²) in [4.78, 5) is 0. The number of hydrogen-bond donors (Lipinski definition) is 0. The van der Waals surface area contributed by atoms with E-state index in [-0.39, 0.29) is 0 Å². The van der Waals surface area contributed by atoms with Crippen LogP contribution in [0.4, 0.5) is 13.2 Å². The van der Waals surface area contributed by atoms with Crippen LogP contribution in [0.15, 0.2) is 12.3 Å². The van der Waals surface area contributed by atoms with Crippen LogP contribution in [0.1, 0.15) is 6.92 Å². The van der Waals surface area contributed by atoms with Gasteiger partial charge in [-0.1, -0.05) is 5.92 Å². The van der Waals surface area contributed by atoms with E-state index < -0.39 is 17.0 Å². The van der Waals surface area contributed by atoms with Gasteiger partial charge in [-0.05, 0) is 34.3 Å². The molecule has 0 N–H and O–H groups in total. The maximum Gasteiger partial charge on any atom is 0.494 e. The summed E-state index contributed by atoms with van der Waals surface area (Å²) in [6.07, 6.45) is -1.97. The monoisotopic (exact) mass is 193 g/mol. The molecule has 0 aromatic heterocycles. The molecule has 0 bridgehead atoms. The van der Waals surface area contributed by atoms with Crippen LogP contribution in [0, 0.1) is 11.2 Å².